The fourth-order valence-electron chi connectivity index (χ4n) is 3.09. The van der Waals surface area contributed by atoms with E-state index < -0.39 is 0 Å². The van der Waals surface area contributed by atoms with Crippen molar-refractivity contribution in [3.8, 4) is 17.1 Å². The lowest BCUT2D eigenvalue weighted by Gasteiger charge is -2.12. The van der Waals surface area contributed by atoms with E-state index in [1.165, 1.54) is 0 Å². The number of nitrogens with zero attached hydrogens (tertiary/aromatic N) is 6. The lowest BCUT2D eigenvalue weighted by molar-refractivity contribution is 0.337. The Morgan fingerprint density at radius 2 is 2.04 bits per heavy atom. The lowest BCUT2D eigenvalue weighted by Crippen LogP contribution is -2.02. The molecule has 28 heavy (non-hydrogen) atoms. The number of ether oxygens (including phenoxy) is 1. The summed E-state index contributed by atoms with van der Waals surface area (Å²) in [6.07, 6.45) is 3.98. The van der Waals surface area contributed by atoms with Crippen LogP contribution in [0.1, 0.15) is 24.0 Å². The third kappa shape index (κ3) is 3.53. The summed E-state index contributed by atoms with van der Waals surface area (Å²) in [7, 11) is 1.91. The predicted molar refractivity (Wildman–Crippen MR) is 107 cm³/mol. The van der Waals surface area contributed by atoms with Crippen LogP contribution >= 0.6 is 11.6 Å². The SMILES string of the molecule is CCOc1cc(-c2nncn2C)ccc1Cc1ncc2cc(C)nc(Cl)c2n1. The number of hydrogen-bond donors (Lipinski definition) is 0. The van der Waals surface area contributed by atoms with Gasteiger partial charge in [-0.15, -0.1) is 10.2 Å². The van der Waals surface area contributed by atoms with Crippen LogP contribution in [-0.2, 0) is 13.5 Å². The number of aromatic nitrogens is 6. The van der Waals surface area contributed by atoms with Crippen LogP contribution in [-0.4, -0.2) is 36.3 Å². The average molecular weight is 395 g/mol. The van der Waals surface area contributed by atoms with Gasteiger partial charge in [-0.05, 0) is 26.0 Å². The molecule has 0 saturated heterocycles. The Hall–Kier alpha value is -3.06. The molecule has 0 radical (unpaired) electrons. The van der Waals surface area contributed by atoms with E-state index in [1.807, 2.05) is 49.7 Å². The summed E-state index contributed by atoms with van der Waals surface area (Å²) >= 11 is 6.27. The third-order valence-corrected chi connectivity index (χ3v) is 4.65. The summed E-state index contributed by atoms with van der Waals surface area (Å²) in [5, 5.41) is 9.37. The summed E-state index contributed by atoms with van der Waals surface area (Å²) in [5.41, 5.74) is 3.43. The molecule has 0 aliphatic carbocycles. The Morgan fingerprint density at radius 1 is 1.18 bits per heavy atom. The highest BCUT2D eigenvalue weighted by Gasteiger charge is 2.13. The average Bonchev–Trinajstić information content (AvgIpc) is 3.10. The number of pyridine rings is 1. The van der Waals surface area contributed by atoms with Gasteiger partial charge in [-0.2, -0.15) is 0 Å². The molecule has 7 nitrogen and oxygen atoms in total. The normalized spacial score (nSPS) is 11.1. The highest BCUT2D eigenvalue weighted by Crippen LogP contribution is 2.28. The van der Waals surface area contributed by atoms with Crippen LogP contribution in [0, 0.1) is 6.92 Å². The van der Waals surface area contributed by atoms with Crippen LogP contribution in [0.5, 0.6) is 5.75 Å². The second-order valence-electron chi connectivity index (χ2n) is 6.48. The molecular weight excluding hydrogens is 376 g/mol. The molecule has 142 valence electrons. The van der Waals surface area contributed by atoms with Gasteiger partial charge in [0.15, 0.2) is 11.0 Å². The minimum Gasteiger partial charge on any atom is -0.494 e. The summed E-state index contributed by atoms with van der Waals surface area (Å²) < 4.78 is 7.73. The Morgan fingerprint density at radius 3 is 2.79 bits per heavy atom. The van der Waals surface area contributed by atoms with Crippen LogP contribution in [0.3, 0.4) is 0 Å². The van der Waals surface area contributed by atoms with Crippen molar-refractivity contribution in [1.82, 2.24) is 29.7 Å². The van der Waals surface area contributed by atoms with Crippen molar-refractivity contribution in [1.29, 1.82) is 0 Å². The van der Waals surface area contributed by atoms with E-state index in [1.54, 1.807) is 12.5 Å². The molecule has 0 aliphatic heterocycles. The summed E-state index contributed by atoms with van der Waals surface area (Å²) in [4.78, 5) is 13.4. The molecule has 8 heteroatoms. The quantitative estimate of drug-likeness (QED) is 0.479. The number of fused-ring (bicyclic) bond motifs is 1. The Labute approximate surface area is 167 Å². The maximum Gasteiger partial charge on any atom is 0.163 e. The summed E-state index contributed by atoms with van der Waals surface area (Å²) in [5.74, 6) is 2.22. The van der Waals surface area contributed by atoms with Gasteiger partial charge in [-0.3, -0.25) is 0 Å². The van der Waals surface area contributed by atoms with Gasteiger partial charge >= 0.3 is 0 Å². The number of rotatable bonds is 5. The van der Waals surface area contributed by atoms with Gasteiger partial charge < -0.3 is 9.30 Å². The lowest BCUT2D eigenvalue weighted by atomic mass is 10.1. The van der Waals surface area contributed by atoms with Crippen molar-refractivity contribution in [2.24, 2.45) is 7.05 Å². The number of halogens is 1. The van der Waals surface area contributed by atoms with E-state index >= 15 is 0 Å². The number of benzene rings is 1. The summed E-state index contributed by atoms with van der Waals surface area (Å²) in [6, 6.07) is 7.91. The predicted octanol–water partition coefficient (Wildman–Crippen LogP) is 3.77. The van der Waals surface area contributed by atoms with E-state index in [0.717, 1.165) is 33.8 Å². The number of aryl methyl sites for hydroxylation is 2. The first-order valence-electron chi connectivity index (χ1n) is 8.94. The Balaban J connectivity index is 1.71. The Kier molecular flexibility index (Phi) is 4.92. The molecule has 1 aromatic carbocycles. The van der Waals surface area contributed by atoms with Gasteiger partial charge in [-0.25, -0.2) is 15.0 Å². The second-order valence-corrected chi connectivity index (χ2v) is 6.83. The highest BCUT2D eigenvalue weighted by atomic mass is 35.5. The molecule has 0 unspecified atom stereocenters. The van der Waals surface area contributed by atoms with E-state index in [-0.39, 0.29) is 0 Å². The molecule has 4 rings (SSSR count). The van der Waals surface area contributed by atoms with Crippen LogP contribution in [0.4, 0.5) is 0 Å². The van der Waals surface area contributed by atoms with Gasteiger partial charge in [0.2, 0.25) is 0 Å². The minimum atomic E-state index is 0.390. The van der Waals surface area contributed by atoms with Crippen molar-refractivity contribution >= 4 is 22.5 Å². The molecule has 0 bridgehead atoms. The van der Waals surface area contributed by atoms with Gasteiger partial charge in [0, 0.05) is 41.9 Å². The molecular formula is C20H19ClN6O. The van der Waals surface area contributed by atoms with Crippen LogP contribution < -0.4 is 4.74 Å². The smallest absolute Gasteiger partial charge is 0.163 e. The van der Waals surface area contributed by atoms with E-state index in [9.17, 15) is 0 Å². The first-order valence-corrected chi connectivity index (χ1v) is 9.32. The first-order chi connectivity index (χ1) is 13.5. The molecule has 3 heterocycles. The number of hydrogen-bond acceptors (Lipinski definition) is 6. The van der Waals surface area contributed by atoms with Crippen LogP contribution in [0.15, 0.2) is 36.8 Å². The molecule has 0 aliphatic rings. The largest absolute Gasteiger partial charge is 0.494 e. The van der Waals surface area contributed by atoms with E-state index in [0.29, 0.717) is 29.5 Å². The van der Waals surface area contributed by atoms with E-state index in [4.69, 9.17) is 16.3 Å². The van der Waals surface area contributed by atoms with Crippen molar-refractivity contribution < 1.29 is 4.74 Å². The van der Waals surface area contributed by atoms with Gasteiger partial charge in [0.1, 0.15) is 23.4 Å². The van der Waals surface area contributed by atoms with Crippen LogP contribution in [0.25, 0.3) is 22.3 Å². The molecule has 0 N–H and O–H groups in total. The molecule has 0 amide bonds. The fourth-order valence-corrected chi connectivity index (χ4v) is 3.38. The van der Waals surface area contributed by atoms with Crippen molar-refractivity contribution in [3.63, 3.8) is 0 Å². The molecule has 0 atom stereocenters. The molecule has 0 spiro atoms. The van der Waals surface area contributed by atoms with Gasteiger partial charge in [-0.1, -0.05) is 23.7 Å². The maximum absolute atomic E-state index is 6.27. The molecule has 0 saturated carbocycles. The molecule has 0 fully saturated rings. The van der Waals surface area contributed by atoms with Gasteiger partial charge in [0.05, 0.1) is 6.61 Å². The zero-order valence-electron chi connectivity index (χ0n) is 15.8. The molecule has 4 aromatic rings. The third-order valence-electron chi connectivity index (χ3n) is 4.39. The van der Waals surface area contributed by atoms with Gasteiger partial charge in [0.25, 0.3) is 0 Å². The van der Waals surface area contributed by atoms with E-state index in [2.05, 4.69) is 25.1 Å². The fraction of sp³-hybridized carbons (Fsp3) is 0.250. The first kappa shape index (κ1) is 18.3. The van der Waals surface area contributed by atoms with Crippen molar-refractivity contribution in [2.45, 2.75) is 20.3 Å². The monoisotopic (exact) mass is 394 g/mol. The standard InChI is InChI=1S/C20H19ClN6O/c1-4-28-16-8-14(20-26-23-11-27(20)3)6-5-13(16)9-17-22-10-15-7-12(2)24-19(21)18(15)25-17/h5-8,10-11H,4,9H2,1-3H3. The second kappa shape index (κ2) is 7.52. The zero-order valence-corrected chi connectivity index (χ0v) is 16.6. The van der Waals surface area contributed by atoms with Crippen LogP contribution in [0.2, 0.25) is 5.15 Å². The van der Waals surface area contributed by atoms with Crippen molar-refractivity contribution in [3.05, 3.63) is 59.0 Å². The molecule has 3 aromatic heterocycles. The Bertz CT molecular complexity index is 1160. The maximum atomic E-state index is 6.27. The summed E-state index contributed by atoms with van der Waals surface area (Å²) in [6.45, 7) is 4.41. The topological polar surface area (TPSA) is 78.6 Å². The van der Waals surface area contributed by atoms with Crippen molar-refractivity contribution in [2.75, 3.05) is 6.61 Å². The highest BCUT2D eigenvalue weighted by molar-refractivity contribution is 6.33. The minimum absolute atomic E-state index is 0.390. The zero-order chi connectivity index (χ0) is 19.7.